The first-order valence-corrected chi connectivity index (χ1v) is 8.54. The number of benzene rings is 1. The minimum atomic E-state index is -3.03. The van der Waals surface area contributed by atoms with Crippen LogP contribution in [0.3, 0.4) is 0 Å². The van der Waals surface area contributed by atoms with Gasteiger partial charge in [0.15, 0.2) is 15.7 Å². The lowest BCUT2D eigenvalue weighted by molar-refractivity contribution is 0.534. The maximum atomic E-state index is 12.0. The van der Waals surface area contributed by atoms with Gasteiger partial charge in [0, 0.05) is 11.3 Å². The number of hydrogen-bond donors (Lipinski definition) is 1. The summed E-state index contributed by atoms with van der Waals surface area (Å²) in [5, 5.41) is 11.2. The van der Waals surface area contributed by atoms with Crippen LogP contribution in [0.5, 0.6) is 0 Å². The quantitative estimate of drug-likeness (QED) is 0.841. The SMILES string of the molecule is Cc1cccc(-c2nnnn2CC2CCCS2(=O)=O)c1N. The van der Waals surface area contributed by atoms with E-state index in [0.29, 0.717) is 24.4 Å². The van der Waals surface area contributed by atoms with Crippen molar-refractivity contribution in [2.45, 2.75) is 31.6 Å². The smallest absolute Gasteiger partial charge is 0.184 e. The molecule has 1 fully saturated rings. The van der Waals surface area contributed by atoms with Crippen LogP contribution in [-0.4, -0.2) is 39.6 Å². The molecule has 1 aliphatic heterocycles. The molecule has 2 N–H and O–H groups in total. The lowest BCUT2D eigenvalue weighted by Crippen LogP contribution is -2.23. The van der Waals surface area contributed by atoms with Gasteiger partial charge in [-0.15, -0.1) is 5.10 Å². The molecule has 1 atom stereocenters. The van der Waals surface area contributed by atoms with Crippen molar-refractivity contribution in [1.82, 2.24) is 20.2 Å². The Hall–Kier alpha value is -1.96. The van der Waals surface area contributed by atoms with E-state index < -0.39 is 15.1 Å². The highest BCUT2D eigenvalue weighted by atomic mass is 32.2. The summed E-state index contributed by atoms with van der Waals surface area (Å²) in [4.78, 5) is 0. The summed E-state index contributed by atoms with van der Waals surface area (Å²) >= 11 is 0. The molecule has 0 saturated carbocycles. The molecule has 7 nitrogen and oxygen atoms in total. The zero-order valence-electron chi connectivity index (χ0n) is 11.7. The van der Waals surface area contributed by atoms with E-state index in [2.05, 4.69) is 15.5 Å². The molecular formula is C13H17N5O2S. The Morgan fingerprint density at radius 1 is 1.43 bits per heavy atom. The van der Waals surface area contributed by atoms with Crippen molar-refractivity contribution >= 4 is 15.5 Å². The minimum Gasteiger partial charge on any atom is -0.398 e. The summed E-state index contributed by atoms with van der Waals surface area (Å²) in [5.74, 6) is 0.764. The average Bonchev–Trinajstić information content (AvgIpc) is 3.01. The first-order chi connectivity index (χ1) is 9.99. The molecule has 1 aromatic carbocycles. The van der Waals surface area contributed by atoms with Gasteiger partial charge in [-0.2, -0.15) is 0 Å². The van der Waals surface area contributed by atoms with Gasteiger partial charge in [0.25, 0.3) is 0 Å². The van der Waals surface area contributed by atoms with E-state index in [4.69, 9.17) is 5.73 Å². The first-order valence-electron chi connectivity index (χ1n) is 6.82. The van der Waals surface area contributed by atoms with Gasteiger partial charge in [-0.3, -0.25) is 0 Å². The fraction of sp³-hybridized carbons (Fsp3) is 0.462. The number of nitrogens with zero attached hydrogens (tertiary/aromatic N) is 4. The largest absolute Gasteiger partial charge is 0.398 e. The van der Waals surface area contributed by atoms with E-state index in [1.807, 2.05) is 25.1 Å². The van der Waals surface area contributed by atoms with Crippen LogP contribution in [0.1, 0.15) is 18.4 Å². The van der Waals surface area contributed by atoms with Gasteiger partial charge in [-0.05, 0) is 41.8 Å². The Kier molecular flexibility index (Phi) is 3.40. The Bertz CT molecular complexity index is 769. The number of tetrazole rings is 1. The Morgan fingerprint density at radius 3 is 2.95 bits per heavy atom. The maximum Gasteiger partial charge on any atom is 0.184 e. The normalized spacial score (nSPS) is 20.7. The number of hydrogen-bond acceptors (Lipinski definition) is 6. The monoisotopic (exact) mass is 307 g/mol. The number of aromatic nitrogens is 4. The van der Waals surface area contributed by atoms with Crippen LogP contribution in [-0.2, 0) is 16.4 Å². The van der Waals surface area contributed by atoms with Crippen molar-refractivity contribution in [2.24, 2.45) is 0 Å². The fourth-order valence-corrected chi connectivity index (χ4v) is 4.45. The molecular weight excluding hydrogens is 290 g/mol. The molecule has 0 bridgehead atoms. The molecule has 0 aliphatic carbocycles. The topological polar surface area (TPSA) is 104 Å². The summed E-state index contributed by atoms with van der Waals surface area (Å²) in [5.41, 5.74) is 8.36. The van der Waals surface area contributed by atoms with Crippen molar-refractivity contribution in [3.63, 3.8) is 0 Å². The van der Waals surface area contributed by atoms with Crippen molar-refractivity contribution in [3.05, 3.63) is 23.8 Å². The molecule has 0 spiro atoms. The predicted molar refractivity (Wildman–Crippen MR) is 79.2 cm³/mol. The fourth-order valence-electron chi connectivity index (χ4n) is 2.65. The summed E-state index contributed by atoms with van der Waals surface area (Å²) in [7, 11) is -3.03. The molecule has 1 aromatic heterocycles. The molecule has 0 radical (unpaired) electrons. The highest BCUT2D eigenvalue weighted by Gasteiger charge is 2.32. The second-order valence-corrected chi connectivity index (χ2v) is 7.75. The van der Waals surface area contributed by atoms with Crippen molar-refractivity contribution in [2.75, 3.05) is 11.5 Å². The van der Waals surface area contributed by atoms with Crippen LogP contribution in [0.15, 0.2) is 18.2 Å². The lowest BCUT2D eigenvalue weighted by Gasteiger charge is -2.12. The molecule has 2 aromatic rings. The van der Waals surface area contributed by atoms with Crippen LogP contribution in [0.4, 0.5) is 5.69 Å². The first kappa shape index (κ1) is 14.0. The number of anilines is 1. The predicted octanol–water partition coefficient (Wildman–Crippen LogP) is 0.808. The second kappa shape index (κ2) is 5.10. The summed E-state index contributed by atoms with van der Waals surface area (Å²) in [6.07, 6.45) is 1.36. The summed E-state index contributed by atoms with van der Waals surface area (Å²) in [6.45, 7) is 2.19. The zero-order chi connectivity index (χ0) is 15.0. The number of nitrogens with two attached hydrogens (primary N) is 1. The van der Waals surface area contributed by atoms with Crippen LogP contribution in [0, 0.1) is 6.92 Å². The standard InChI is InChI=1S/C13H17N5O2S/c1-9-4-2-6-11(12(9)14)13-15-16-17-18(13)8-10-5-3-7-21(10,19)20/h2,4,6,10H,3,5,7-8,14H2,1H3. The molecule has 21 heavy (non-hydrogen) atoms. The molecule has 1 unspecified atom stereocenters. The third-order valence-corrected chi connectivity index (χ3v) is 6.19. The summed E-state index contributed by atoms with van der Waals surface area (Å²) < 4.78 is 25.4. The molecule has 1 saturated heterocycles. The van der Waals surface area contributed by atoms with Gasteiger partial charge in [-0.25, -0.2) is 13.1 Å². The van der Waals surface area contributed by atoms with Crippen molar-refractivity contribution in [1.29, 1.82) is 0 Å². The van der Waals surface area contributed by atoms with Crippen molar-refractivity contribution < 1.29 is 8.42 Å². The van der Waals surface area contributed by atoms with Crippen LogP contribution in [0.2, 0.25) is 0 Å². The number of rotatable bonds is 3. The third-order valence-electron chi connectivity index (χ3n) is 3.94. The van der Waals surface area contributed by atoms with Gasteiger partial charge in [0.1, 0.15) is 0 Å². The van der Waals surface area contributed by atoms with E-state index in [1.165, 1.54) is 0 Å². The van der Waals surface area contributed by atoms with Crippen LogP contribution in [0.25, 0.3) is 11.4 Å². The Labute approximate surface area is 123 Å². The number of para-hydroxylation sites is 1. The third kappa shape index (κ3) is 2.51. The van der Waals surface area contributed by atoms with E-state index in [9.17, 15) is 8.42 Å². The number of sulfone groups is 1. The zero-order valence-corrected chi connectivity index (χ0v) is 12.5. The molecule has 2 heterocycles. The van der Waals surface area contributed by atoms with E-state index in [0.717, 1.165) is 11.1 Å². The van der Waals surface area contributed by atoms with E-state index in [1.54, 1.807) is 4.68 Å². The Morgan fingerprint density at radius 2 is 2.24 bits per heavy atom. The molecule has 112 valence electrons. The van der Waals surface area contributed by atoms with Gasteiger partial charge >= 0.3 is 0 Å². The lowest BCUT2D eigenvalue weighted by atomic mass is 10.1. The highest BCUT2D eigenvalue weighted by Crippen LogP contribution is 2.28. The van der Waals surface area contributed by atoms with Crippen LogP contribution >= 0.6 is 0 Å². The Balaban J connectivity index is 1.96. The van der Waals surface area contributed by atoms with Gasteiger partial charge < -0.3 is 5.73 Å². The van der Waals surface area contributed by atoms with E-state index in [-0.39, 0.29) is 12.3 Å². The molecule has 1 aliphatic rings. The average molecular weight is 307 g/mol. The van der Waals surface area contributed by atoms with Crippen LogP contribution < -0.4 is 5.73 Å². The summed E-state index contributed by atoms with van der Waals surface area (Å²) in [6, 6.07) is 5.63. The minimum absolute atomic E-state index is 0.252. The molecule has 3 rings (SSSR count). The highest BCUT2D eigenvalue weighted by molar-refractivity contribution is 7.92. The van der Waals surface area contributed by atoms with Crippen molar-refractivity contribution in [3.8, 4) is 11.4 Å². The number of aryl methyl sites for hydroxylation is 1. The maximum absolute atomic E-state index is 12.0. The van der Waals surface area contributed by atoms with E-state index >= 15 is 0 Å². The number of nitrogen functional groups attached to an aromatic ring is 1. The second-order valence-electron chi connectivity index (χ2n) is 5.35. The van der Waals surface area contributed by atoms with Gasteiger partial charge in [0.2, 0.25) is 0 Å². The molecule has 0 amide bonds. The molecule has 8 heteroatoms. The van der Waals surface area contributed by atoms with Gasteiger partial charge in [0.05, 0.1) is 17.5 Å². The van der Waals surface area contributed by atoms with Gasteiger partial charge in [-0.1, -0.05) is 12.1 Å².